The van der Waals surface area contributed by atoms with Crippen LogP contribution in [-0.4, -0.2) is 25.4 Å². The molecule has 0 saturated carbocycles. The third kappa shape index (κ3) is 4.12. The van der Waals surface area contributed by atoms with Gasteiger partial charge in [0, 0.05) is 6.07 Å². The number of nitro groups is 2. The molecule has 0 N–H and O–H groups in total. The number of allylic oxidation sites excluding steroid dienone is 1. The van der Waals surface area contributed by atoms with Gasteiger partial charge in [0.2, 0.25) is 0 Å². The lowest BCUT2D eigenvalue weighted by molar-refractivity contribution is -0.389. The first-order chi connectivity index (χ1) is 12.9. The maximum Gasteiger partial charge on any atom is 0.389 e. The largest absolute Gasteiger partial charge is 0.460 e. The van der Waals surface area contributed by atoms with Gasteiger partial charge in [0.1, 0.15) is 18.1 Å². The van der Waals surface area contributed by atoms with Crippen molar-refractivity contribution in [2.75, 3.05) is 0 Å². The van der Waals surface area contributed by atoms with E-state index in [9.17, 15) is 25.0 Å². The fraction of sp³-hybridized carbons (Fsp3) is 0.0588. The van der Waals surface area contributed by atoms with Crippen molar-refractivity contribution >= 4 is 23.4 Å². The summed E-state index contributed by atoms with van der Waals surface area (Å²) >= 11 is 0. The van der Waals surface area contributed by atoms with E-state index < -0.39 is 15.6 Å². The fourth-order valence-corrected chi connectivity index (χ4v) is 2.35. The lowest BCUT2D eigenvalue weighted by Crippen LogP contribution is -2.00. The van der Waals surface area contributed by atoms with Gasteiger partial charge in [-0.3, -0.25) is 14.9 Å². The third-order valence-corrected chi connectivity index (χ3v) is 3.58. The molecule has 0 fully saturated rings. The van der Waals surface area contributed by atoms with Crippen LogP contribution in [0.1, 0.15) is 21.9 Å². The van der Waals surface area contributed by atoms with E-state index in [2.05, 4.69) is 5.10 Å². The Kier molecular flexibility index (Phi) is 4.88. The average Bonchev–Trinajstić information content (AvgIpc) is 3.29. The standard InChI is InChI=1S/C17H12N4O6/c22-16(14-3-1-2-4-15(14)20(23)24)8-7-12-5-6-13(27-12)11-19-10-9-17(18-19)21(25)26/h1-10H,11H2/b8-7+. The Morgan fingerprint density at radius 1 is 1.11 bits per heavy atom. The highest BCUT2D eigenvalue weighted by atomic mass is 16.6. The molecule has 2 heterocycles. The molecule has 0 bridgehead atoms. The van der Waals surface area contributed by atoms with Gasteiger partial charge in [-0.2, -0.15) is 4.68 Å². The monoisotopic (exact) mass is 368 g/mol. The number of carbonyl (C=O) groups excluding carboxylic acids is 1. The van der Waals surface area contributed by atoms with Crippen LogP contribution >= 0.6 is 0 Å². The molecule has 3 rings (SSSR count). The molecule has 0 unspecified atom stereocenters. The molecule has 136 valence electrons. The lowest BCUT2D eigenvalue weighted by Gasteiger charge is -1.97. The van der Waals surface area contributed by atoms with Gasteiger partial charge in [-0.25, -0.2) is 0 Å². The van der Waals surface area contributed by atoms with Crippen molar-refractivity contribution in [2.45, 2.75) is 6.54 Å². The molecule has 27 heavy (non-hydrogen) atoms. The molecule has 0 atom stereocenters. The Hall–Kier alpha value is -4.08. The number of hydrogen-bond acceptors (Lipinski definition) is 7. The molecular formula is C17H12N4O6. The number of nitro benzene ring substituents is 1. The highest BCUT2D eigenvalue weighted by molar-refractivity contribution is 6.09. The number of furan rings is 1. The minimum absolute atomic E-state index is 0.0191. The molecule has 0 aliphatic heterocycles. The molecule has 0 spiro atoms. The fourth-order valence-electron chi connectivity index (χ4n) is 2.35. The first kappa shape index (κ1) is 17.7. The van der Waals surface area contributed by atoms with Crippen molar-refractivity contribution in [3.63, 3.8) is 0 Å². The van der Waals surface area contributed by atoms with Gasteiger partial charge >= 0.3 is 5.82 Å². The first-order valence-corrected chi connectivity index (χ1v) is 7.66. The van der Waals surface area contributed by atoms with Gasteiger partial charge in [0.15, 0.2) is 5.78 Å². The van der Waals surface area contributed by atoms with E-state index in [-0.39, 0.29) is 23.6 Å². The lowest BCUT2D eigenvalue weighted by atomic mass is 10.1. The van der Waals surface area contributed by atoms with E-state index in [1.54, 1.807) is 18.2 Å². The van der Waals surface area contributed by atoms with E-state index in [0.717, 1.165) is 0 Å². The molecule has 10 heteroatoms. The molecular weight excluding hydrogens is 356 g/mol. The Morgan fingerprint density at radius 2 is 1.89 bits per heavy atom. The quantitative estimate of drug-likeness (QED) is 0.270. The zero-order valence-electron chi connectivity index (χ0n) is 13.7. The smallest absolute Gasteiger partial charge is 0.389 e. The summed E-state index contributed by atoms with van der Waals surface area (Å²) in [5, 5.41) is 25.4. The highest BCUT2D eigenvalue weighted by Crippen LogP contribution is 2.19. The molecule has 1 aromatic carbocycles. The van der Waals surface area contributed by atoms with Crippen LogP contribution in [0.15, 0.2) is 59.2 Å². The number of ketones is 1. The van der Waals surface area contributed by atoms with E-state index in [4.69, 9.17) is 4.42 Å². The summed E-state index contributed by atoms with van der Waals surface area (Å²) in [4.78, 5) is 32.6. The number of carbonyl (C=O) groups is 1. The molecule has 0 aliphatic rings. The van der Waals surface area contributed by atoms with Gasteiger partial charge in [-0.1, -0.05) is 12.1 Å². The maximum absolute atomic E-state index is 12.2. The van der Waals surface area contributed by atoms with Crippen molar-refractivity contribution in [1.82, 2.24) is 9.78 Å². The second-order valence-electron chi connectivity index (χ2n) is 5.40. The Labute approximate surface area is 151 Å². The van der Waals surface area contributed by atoms with Crippen LogP contribution in [0.4, 0.5) is 11.5 Å². The van der Waals surface area contributed by atoms with Crippen molar-refractivity contribution in [3.05, 3.63) is 92.1 Å². The summed E-state index contributed by atoms with van der Waals surface area (Å²) in [5.74, 6) is 0.0454. The van der Waals surface area contributed by atoms with Gasteiger partial charge in [-0.15, -0.1) is 0 Å². The molecule has 2 aromatic heterocycles. The normalized spacial score (nSPS) is 11.0. The van der Waals surface area contributed by atoms with E-state index in [1.807, 2.05) is 0 Å². The predicted octanol–water partition coefficient (Wildman–Crippen LogP) is 3.24. The van der Waals surface area contributed by atoms with Crippen LogP contribution < -0.4 is 0 Å². The summed E-state index contributed by atoms with van der Waals surface area (Å²) in [6, 6.07) is 10.2. The molecule has 0 radical (unpaired) electrons. The van der Waals surface area contributed by atoms with Crippen LogP contribution in [0.2, 0.25) is 0 Å². The van der Waals surface area contributed by atoms with Gasteiger partial charge in [-0.05, 0) is 35.3 Å². The van der Waals surface area contributed by atoms with Crippen LogP contribution in [-0.2, 0) is 6.54 Å². The predicted molar refractivity (Wildman–Crippen MR) is 93.2 cm³/mol. The summed E-state index contributed by atoms with van der Waals surface area (Å²) in [5.41, 5.74) is -0.290. The van der Waals surface area contributed by atoms with Crippen molar-refractivity contribution < 1.29 is 19.1 Å². The maximum atomic E-state index is 12.2. The summed E-state index contributed by atoms with van der Waals surface area (Å²) in [7, 11) is 0. The van der Waals surface area contributed by atoms with Crippen molar-refractivity contribution in [2.24, 2.45) is 0 Å². The van der Waals surface area contributed by atoms with Crippen LogP contribution in [0.25, 0.3) is 6.08 Å². The topological polar surface area (TPSA) is 134 Å². The Balaban J connectivity index is 1.71. The number of rotatable bonds is 7. The van der Waals surface area contributed by atoms with Crippen molar-refractivity contribution in [3.8, 4) is 0 Å². The molecule has 3 aromatic rings. The minimum Gasteiger partial charge on any atom is -0.460 e. The molecule has 0 aliphatic carbocycles. The third-order valence-electron chi connectivity index (χ3n) is 3.58. The minimum atomic E-state index is -0.616. The summed E-state index contributed by atoms with van der Waals surface area (Å²) in [6.45, 7) is 0.180. The van der Waals surface area contributed by atoms with Crippen LogP contribution in [0.5, 0.6) is 0 Å². The van der Waals surface area contributed by atoms with Crippen LogP contribution in [0.3, 0.4) is 0 Å². The number of aromatic nitrogens is 2. The first-order valence-electron chi connectivity index (χ1n) is 7.66. The van der Waals surface area contributed by atoms with Crippen molar-refractivity contribution in [1.29, 1.82) is 0 Å². The van der Waals surface area contributed by atoms with E-state index in [1.165, 1.54) is 47.3 Å². The van der Waals surface area contributed by atoms with Gasteiger partial charge < -0.3 is 14.5 Å². The summed E-state index contributed by atoms with van der Waals surface area (Å²) < 4.78 is 6.87. The number of para-hydroxylation sites is 1. The van der Waals surface area contributed by atoms with Gasteiger partial charge in [0.05, 0.1) is 27.8 Å². The zero-order chi connectivity index (χ0) is 19.4. The Morgan fingerprint density at radius 3 is 2.59 bits per heavy atom. The Bertz CT molecular complexity index is 1050. The van der Waals surface area contributed by atoms with Crippen LogP contribution in [0, 0.1) is 20.2 Å². The molecule has 0 amide bonds. The molecule has 0 saturated heterocycles. The second-order valence-corrected chi connectivity index (χ2v) is 5.40. The number of hydrogen-bond donors (Lipinski definition) is 0. The van der Waals surface area contributed by atoms with E-state index >= 15 is 0 Å². The highest BCUT2D eigenvalue weighted by Gasteiger charge is 2.17. The van der Waals surface area contributed by atoms with Gasteiger partial charge in [0.25, 0.3) is 5.69 Å². The zero-order valence-corrected chi connectivity index (χ0v) is 13.7. The van der Waals surface area contributed by atoms with E-state index in [0.29, 0.717) is 11.5 Å². The number of benzene rings is 1. The second kappa shape index (κ2) is 7.44. The number of nitrogens with zero attached hydrogens (tertiary/aromatic N) is 4. The SMILES string of the molecule is O=C(/C=C/c1ccc(Cn2ccc([N+](=O)[O-])n2)o1)c1ccccc1[N+](=O)[O-]. The molecule has 10 nitrogen and oxygen atoms in total. The average molecular weight is 368 g/mol. The summed E-state index contributed by atoms with van der Waals surface area (Å²) in [6.07, 6.45) is 4.03.